The number of methoxy groups -OCH3 is 1. The number of carbonyl (C=O) groups is 1. The molecular weight excluding hydrogens is 488 g/mol. The largest absolute Gasteiger partial charge is 0.504 e. The van der Waals surface area contributed by atoms with E-state index in [0.29, 0.717) is 5.56 Å². The number of ether oxygens (including phenoxy) is 5. The molecule has 2 fully saturated rings. The van der Waals surface area contributed by atoms with E-state index in [9.17, 15) is 45.6 Å². The minimum atomic E-state index is -1.86. The second kappa shape index (κ2) is 12.2. The summed E-state index contributed by atoms with van der Waals surface area (Å²) < 4.78 is 25.6. The van der Waals surface area contributed by atoms with Gasteiger partial charge in [0.05, 0.1) is 20.3 Å². The number of aromatic hydroxyl groups is 1. The number of rotatable bonds is 8. The predicted molar refractivity (Wildman–Crippen MR) is 116 cm³/mol. The molecule has 2 aliphatic heterocycles. The fourth-order valence-corrected chi connectivity index (χ4v) is 3.72. The van der Waals surface area contributed by atoms with Crippen LogP contribution in [0.25, 0.3) is 6.08 Å². The Bertz CT molecular complexity index is 907. The Hall–Kier alpha value is -2.37. The van der Waals surface area contributed by atoms with E-state index < -0.39 is 80.6 Å². The molecule has 0 amide bonds. The molecule has 202 valence electrons. The molecule has 0 spiro atoms. The first kappa shape index (κ1) is 28.2. The molecule has 14 nitrogen and oxygen atoms in total. The lowest BCUT2D eigenvalue weighted by Crippen LogP contribution is -2.62. The normalized spacial score (nSPS) is 37.1. The first-order valence-electron chi connectivity index (χ1n) is 10.9. The van der Waals surface area contributed by atoms with Gasteiger partial charge in [-0.15, -0.1) is 0 Å². The molecule has 10 atom stereocenters. The van der Waals surface area contributed by atoms with Crippen molar-refractivity contribution in [1.82, 2.24) is 0 Å². The van der Waals surface area contributed by atoms with E-state index in [2.05, 4.69) is 0 Å². The summed E-state index contributed by atoms with van der Waals surface area (Å²) in [7, 11) is 1.36. The van der Waals surface area contributed by atoms with Gasteiger partial charge in [0.25, 0.3) is 0 Å². The Morgan fingerprint density at radius 3 is 2.33 bits per heavy atom. The predicted octanol–water partition coefficient (Wildman–Crippen LogP) is -3.42. The first-order valence-corrected chi connectivity index (χ1v) is 10.9. The van der Waals surface area contributed by atoms with Crippen molar-refractivity contribution < 1.29 is 69.3 Å². The monoisotopic (exact) mass is 518 g/mol. The number of carbonyl (C=O) groups excluding carboxylic acids is 1. The molecule has 0 unspecified atom stereocenters. The molecule has 0 aromatic heterocycles. The van der Waals surface area contributed by atoms with Crippen molar-refractivity contribution in [1.29, 1.82) is 0 Å². The van der Waals surface area contributed by atoms with Gasteiger partial charge >= 0.3 is 5.97 Å². The fourth-order valence-electron chi connectivity index (χ4n) is 3.72. The van der Waals surface area contributed by atoms with Gasteiger partial charge in [-0.1, -0.05) is 6.07 Å². The molecule has 8 N–H and O–H groups in total. The zero-order valence-electron chi connectivity index (χ0n) is 19.1. The maximum absolute atomic E-state index is 12.2. The van der Waals surface area contributed by atoms with E-state index in [4.69, 9.17) is 23.7 Å². The Balaban J connectivity index is 1.56. The van der Waals surface area contributed by atoms with Crippen LogP contribution in [0.15, 0.2) is 24.3 Å². The van der Waals surface area contributed by atoms with Crippen LogP contribution in [-0.4, -0.2) is 129 Å². The highest BCUT2D eigenvalue weighted by atomic mass is 16.7. The number of esters is 1. The van der Waals surface area contributed by atoms with Crippen LogP contribution in [0.3, 0.4) is 0 Å². The Morgan fingerprint density at radius 2 is 1.67 bits per heavy atom. The lowest BCUT2D eigenvalue weighted by atomic mass is 9.98. The number of phenolic OH excluding ortho intramolecular Hbond substituents is 1. The maximum Gasteiger partial charge on any atom is 0.331 e. The van der Waals surface area contributed by atoms with Crippen molar-refractivity contribution in [2.75, 3.05) is 20.3 Å². The van der Waals surface area contributed by atoms with Crippen LogP contribution in [-0.2, 0) is 23.7 Å². The zero-order valence-corrected chi connectivity index (χ0v) is 19.1. The topological polar surface area (TPSA) is 225 Å². The fraction of sp³-hybridized carbons (Fsp3) is 0.591. The van der Waals surface area contributed by atoms with E-state index in [1.807, 2.05) is 0 Å². The third kappa shape index (κ3) is 6.30. The highest BCUT2D eigenvalue weighted by molar-refractivity contribution is 5.87. The lowest BCUT2D eigenvalue weighted by molar-refractivity contribution is -0.326. The summed E-state index contributed by atoms with van der Waals surface area (Å²) in [6.07, 6.45) is -13.8. The van der Waals surface area contributed by atoms with Crippen molar-refractivity contribution in [3.63, 3.8) is 0 Å². The van der Waals surface area contributed by atoms with Crippen LogP contribution >= 0.6 is 0 Å². The molecule has 2 heterocycles. The molecule has 0 aliphatic carbocycles. The SMILES string of the molecule is COc1cc(/C=C/C(=O)O[C@@H]2[C@@H](O)[C@H](O)[C@@H](CO[C@@H]3O[C@H](CO)[C@@H](O)[C@H](O)[C@H]3O)O[C@H]2O)ccc1O. The van der Waals surface area contributed by atoms with E-state index in [1.54, 1.807) is 0 Å². The molecule has 0 saturated carbocycles. The van der Waals surface area contributed by atoms with Crippen molar-refractivity contribution >= 4 is 12.0 Å². The molecule has 0 bridgehead atoms. The van der Waals surface area contributed by atoms with Crippen LogP contribution < -0.4 is 4.74 Å². The van der Waals surface area contributed by atoms with Gasteiger partial charge in [-0.2, -0.15) is 0 Å². The molecular formula is C22H30O14. The molecule has 0 radical (unpaired) electrons. The summed E-state index contributed by atoms with van der Waals surface area (Å²) in [6, 6.07) is 4.31. The minimum absolute atomic E-state index is 0.0955. The average Bonchev–Trinajstić information content (AvgIpc) is 2.87. The van der Waals surface area contributed by atoms with Crippen LogP contribution in [0.1, 0.15) is 5.56 Å². The molecule has 2 saturated heterocycles. The second-order valence-corrected chi connectivity index (χ2v) is 8.24. The van der Waals surface area contributed by atoms with Gasteiger partial charge in [-0.05, 0) is 23.8 Å². The molecule has 3 rings (SSSR count). The number of benzene rings is 1. The van der Waals surface area contributed by atoms with Crippen molar-refractivity contribution in [3.05, 3.63) is 29.8 Å². The maximum atomic E-state index is 12.2. The van der Waals surface area contributed by atoms with Crippen LogP contribution in [0.2, 0.25) is 0 Å². The minimum Gasteiger partial charge on any atom is -0.504 e. The Morgan fingerprint density at radius 1 is 0.972 bits per heavy atom. The number of hydrogen-bond donors (Lipinski definition) is 8. The summed E-state index contributed by atoms with van der Waals surface area (Å²) in [5.74, 6) is -0.893. The van der Waals surface area contributed by atoms with Gasteiger partial charge < -0.3 is 64.5 Å². The highest BCUT2D eigenvalue weighted by Crippen LogP contribution is 2.28. The van der Waals surface area contributed by atoms with E-state index in [0.717, 1.165) is 6.08 Å². The molecule has 1 aromatic rings. The Labute approximate surface area is 205 Å². The van der Waals surface area contributed by atoms with Crippen LogP contribution in [0.4, 0.5) is 0 Å². The molecule has 1 aromatic carbocycles. The number of phenols is 1. The summed E-state index contributed by atoms with van der Waals surface area (Å²) in [5.41, 5.74) is 0.480. The van der Waals surface area contributed by atoms with E-state index in [1.165, 1.54) is 31.4 Å². The summed E-state index contributed by atoms with van der Waals surface area (Å²) >= 11 is 0. The molecule has 14 heteroatoms. The van der Waals surface area contributed by atoms with Gasteiger partial charge in [0, 0.05) is 6.08 Å². The van der Waals surface area contributed by atoms with Crippen molar-refractivity contribution in [2.45, 2.75) is 61.4 Å². The van der Waals surface area contributed by atoms with Gasteiger partial charge in [0.1, 0.15) is 42.7 Å². The van der Waals surface area contributed by atoms with Gasteiger partial charge in [-0.3, -0.25) is 0 Å². The van der Waals surface area contributed by atoms with Crippen LogP contribution in [0, 0.1) is 0 Å². The third-order valence-electron chi connectivity index (χ3n) is 5.80. The number of aliphatic hydroxyl groups is 7. The molecule has 2 aliphatic rings. The zero-order chi connectivity index (χ0) is 26.6. The number of hydrogen-bond acceptors (Lipinski definition) is 14. The summed E-state index contributed by atoms with van der Waals surface area (Å²) in [6.45, 7) is -1.23. The van der Waals surface area contributed by atoms with E-state index >= 15 is 0 Å². The lowest BCUT2D eigenvalue weighted by Gasteiger charge is -2.42. The number of aliphatic hydroxyl groups excluding tert-OH is 7. The third-order valence-corrected chi connectivity index (χ3v) is 5.80. The molecule has 36 heavy (non-hydrogen) atoms. The summed E-state index contributed by atoms with van der Waals surface area (Å²) in [5, 5.41) is 79.4. The van der Waals surface area contributed by atoms with Gasteiger partial charge in [0.15, 0.2) is 30.2 Å². The Kier molecular flexibility index (Phi) is 9.59. The van der Waals surface area contributed by atoms with Crippen molar-refractivity contribution in [3.8, 4) is 11.5 Å². The second-order valence-electron chi connectivity index (χ2n) is 8.24. The smallest absolute Gasteiger partial charge is 0.331 e. The standard InChI is InChI=1S/C22H30O14/c1-32-11-6-9(2-4-10(11)24)3-5-14(25)36-20-18(29)16(27)13(34-21(20)31)8-33-22-19(30)17(28)15(26)12(7-23)35-22/h2-6,12-13,15-24,26-31H,7-8H2,1H3/b5-3+/t12-,13-,15-,16-,17+,18+,19-,20-,21-,22-/m1/s1. The van der Waals surface area contributed by atoms with Crippen LogP contribution in [0.5, 0.6) is 11.5 Å². The van der Waals surface area contributed by atoms with Gasteiger partial charge in [0.2, 0.25) is 0 Å². The summed E-state index contributed by atoms with van der Waals surface area (Å²) in [4.78, 5) is 12.2. The van der Waals surface area contributed by atoms with E-state index in [-0.39, 0.29) is 11.5 Å². The first-order chi connectivity index (χ1) is 17.1. The quantitative estimate of drug-likeness (QED) is 0.124. The van der Waals surface area contributed by atoms with Crippen molar-refractivity contribution in [2.24, 2.45) is 0 Å². The van der Waals surface area contributed by atoms with Gasteiger partial charge in [-0.25, -0.2) is 4.79 Å². The highest BCUT2D eigenvalue weighted by Gasteiger charge is 2.48. The average molecular weight is 518 g/mol.